The molecule has 2 aliphatic heterocycles. The fraction of sp³-hybridized carbons (Fsp3) is 0.520. The molecular weight excluding hydrogens is 392 g/mol. The minimum atomic E-state index is -0.460. The summed E-state index contributed by atoms with van der Waals surface area (Å²) in [5.41, 5.74) is 2.48. The molecule has 4 rings (SSSR count). The van der Waals surface area contributed by atoms with Crippen molar-refractivity contribution in [3.05, 3.63) is 53.6 Å². The van der Waals surface area contributed by atoms with E-state index in [9.17, 15) is 5.11 Å². The highest BCUT2D eigenvalue weighted by Crippen LogP contribution is 2.32. The maximum absolute atomic E-state index is 10.6. The molecule has 1 fully saturated rings. The van der Waals surface area contributed by atoms with Crippen LogP contribution in [-0.4, -0.2) is 57.3 Å². The van der Waals surface area contributed by atoms with Crippen molar-refractivity contribution in [1.82, 2.24) is 0 Å². The lowest BCUT2D eigenvalue weighted by Crippen LogP contribution is -3.28. The molecule has 0 radical (unpaired) electrons. The fourth-order valence-corrected chi connectivity index (χ4v) is 4.47. The molecule has 1 atom stereocenters. The van der Waals surface area contributed by atoms with Crippen LogP contribution in [0.5, 0.6) is 17.2 Å². The van der Waals surface area contributed by atoms with Crippen molar-refractivity contribution in [3.63, 3.8) is 0 Å². The predicted octanol–water partition coefficient (Wildman–Crippen LogP) is 0.436. The van der Waals surface area contributed by atoms with Gasteiger partial charge in [0.15, 0.2) is 11.5 Å². The van der Waals surface area contributed by atoms with E-state index in [1.807, 2.05) is 24.3 Å². The Morgan fingerprint density at radius 1 is 0.968 bits per heavy atom. The molecule has 31 heavy (non-hydrogen) atoms. The highest BCUT2D eigenvalue weighted by Gasteiger charge is 2.26. The van der Waals surface area contributed by atoms with Crippen LogP contribution in [0.2, 0.25) is 0 Å². The first-order valence-electron chi connectivity index (χ1n) is 11.3. The van der Waals surface area contributed by atoms with Crippen molar-refractivity contribution in [2.45, 2.75) is 38.8 Å². The van der Waals surface area contributed by atoms with Crippen LogP contribution in [0.4, 0.5) is 0 Å². The number of benzene rings is 2. The maximum atomic E-state index is 10.6. The average Bonchev–Trinajstić information content (AvgIpc) is 3.21. The topological polar surface area (TPSA) is 56.8 Å². The number of hydrogen-bond donors (Lipinski definition) is 3. The number of para-hydroxylation sites is 1. The number of aliphatic hydroxyl groups is 1. The van der Waals surface area contributed by atoms with Gasteiger partial charge >= 0.3 is 0 Å². The highest BCUT2D eigenvalue weighted by atomic mass is 16.7. The van der Waals surface area contributed by atoms with Crippen molar-refractivity contribution in [2.75, 3.05) is 46.1 Å². The van der Waals surface area contributed by atoms with E-state index in [1.54, 1.807) is 4.90 Å². The Hall–Kier alpha value is -2.28. The minimum absolute atomic E-state index is 0.0177. The molecule has 2 aromatic rings. The quantitative estimate of drug-likeness (QED) is 0.599. The maximum Gasteiger partial charge on any atom is 0.231 e. The molecule has 0 amide bonds. The van der Waals surface area contributed by atoms with Gasteiger partial charge in [-0.25, -0.2) is 0 Å². The summed E-state index contributed by atoms with van der Waals surface area (Å²) < 4.78 is 16.9. The lowest BCUT2D eigenvalue weighted by molar-refractivity contribution is -1.02. The van der Waals surface area contributed by atoms with Gasteiger partial charge in [-0.2, -0.15) is 0 Å². The van der Waals surface area contributed by atoms with Crippen molar-refractivity contribution in [3.8, 4) is 17.2 Å². The Labute approximate surface area is 185 Å². The van der Waals surface area contributed by atoms with E-state index >= 15 is 0 Å². The fourth-order valence-electron chi connectivity index (χ4n) is 4.47. The molecule has 0 aromatic heterocycles. The summed E-state index contributed by atoms with van der Waals surface area (Å²) in [6.07, 6.45) is -0.460. The van der Waals surface area contributed by atoms with Crippen LogP contribution in [0.15, 0.2) is 42.5 Å². The molecule has 2 heterocycles. The molecule has 0 saturated carbocycles. The van der Waals surface area contributed by atoms with Gasteiger partial charge in [0.1, 0.15) is 57.7 Å². The first-order chi connectivity index (χ1) is 14.9. The normalized spacial score (nSPS) is 21.7. The van der Waals surface area contributed by atoms with Crippen molar-refractivity contribution < 1.29 is 29.1 Å². The van der Waals surface area contributed by atoms with Gasteiger partial charge in [-0.15, -0.1) is 0 Å². The van der Waals surface area contributed by atoms with E-state index in [4.69, 9.17) is 14.2 Å². The zero-order valence-corrected chi connectivity index (χ0v) is 18.9. The van der Waals surface area contributed by atoms with Crippen LogP contribution < -0.4 is 24.0 Å². The number of piperazine rings is 1. The van der Waals surface area contributed by atoms with Crippen LogP contribution >= 0.6 is 0 Å². The first kappa shape index (κ1) is 21.9. The van der Waals surface area contributed by atoms with Gasteiger partial charge in [-0.1, -0.05) is 39.0 Å². The second-order valence-corrected chi connectivity index (χ2v) is 9.78. The van der Waals surface area contributed by atoms with Crippen LogP contribution in [0.3, 0.4) is 0 Å². The molecule has 2 aromatic carbocycles. The molecule has 0 aliphatic carbocycles. The van der Waals surface area contributed by atoms with E-state index in [2.05, 4.69) is 39.0 Å². The summed E-state index contributed by atoms with van der Waals surface area (Å²) in [5.74, 6) is 2.58. The third-order valence-corrected chi connectivity index (χ3v) is 6.21. The molecule has 0 unspecified atom stereocenters. The average molecular weight is 429 g/mol. The van der Waals surface area contributed by atoms with Crippen molar-refractivity contribution >= 4 is 0 Å². The van der Waals surface area contributed by atoms with Gasteiger partial charge < -0.3 is 29.1 Å². The van der Waals surface area contributed by atoms with Crippen LogP contribution in [0.1, 0.15) is 31.9 Å². The van der Waals surface area contributed by atoms with Crippen LogP contribution in [-0.2, 0) is 12.0 Å². The zero-order valence-electron chi connectivity index (χ0n) is 18.9. The molecule has 6 heteroatoms. The Morgan fingerprint density at radius 2 is 1.68 bits per heavy atom. The number of hydrogen-bond acceptors (Lipinski definition) is 4. The van der Waals surface area contributed by atoms with Gasteiger partial charge in [-0.05, 0) is 35.2 Å². The summed E-state index contributed by atoms with van der Waals surface area (Å²) >= 11 is 0. The number of fused-ring (bicyclic) bond motifs is 1. The molecule has 0 spiro atoms. The SMILES string of the molecule is CC(C)(C)c1ccccc1OC[C@@H](O)C[NH+]1CC[NH+](Cc2ccc3c(c2)OCO3)CC1. The summed E-state index contributed by atoms with van der Waals surface area (Å²) in [4.78, 5) is 3.03. The first-order valence-corrected chi connectivity index (χ1v) is 11.3. The molecule has 1 saturated heterocycles. The van der Waals surface area contributed by atoms with E-state index in [1.165, 1.54) is 16.0 Å². The number of quaternary nitrogens is 2. The van der Waals surface area contributed by atoms with Crippen molar-refractivity contribution in [2.24, 2.45) is 0 Å². The van der Waals surface area contributed by atoms with Gasteiger partial charge in [-0.3, -0.25) is 0 Å². The lowest BCUT2D eigenvalue weighted by Gasteiger charge is -2.31. The summed E-state index contributed by atoms with van der Waals surface area (Å²) in [5, 5.41) is 10.6. The predicted molar refractivity (Wildman–Crippen MR) is 119 cm³/mol. The molecule has 0 bridgehead atoms. The number of rotatable bonds is 7. The molecule has 2 aliphatic rings. The Kier molecular flexibility index (Phi) is 6.70. The molecule has 3 N–H and O–H groups in total. The molecule has 6 nitrogen and oxygen atoms in total. The monoisotopic (exact) mass is 428 g/mol. The largest absolute Gasteiger partial charge is 0.490 e. The standard InChI is InChI=1S/C25H34N2O4/c1-25(2,3)21-6-4-5-7-22(21)29-17-20(28)16-27-12-10-26(11-13-27)15-19-8-9-23-24(14-19)31-18-30-23/h4-9,14,20,28H,10-13,15-18H2,1-3H3/p+2/t20-/m0/s1. The van der Waals surface area contributed by atoms with E-state index in [-0.39, 0.29) is 5.41 Å². The van der Waals surface area contributed by atoms with E-state index in [0.717, 1.165) is 56.5 Å². The summed E-state index contributed by atoms with van der Waals surface area (Å²) in [6.45, 7) is 13.3. The van der Waals surface area contributed by atoms with Crippen LogP contribution in [0, 0.1) is 0 Å². The smallest absolute Gasteiger partial charge is 0.231 e. The Morgan fingerprint density at radius 3 is 2.45 bits per heavy atom. The third-order valence-electron chi connectivity index (χ3n) is 6.21. The number of nitrogens with one attached hydrogen (secondary N) is 2. The third kappa shape index (κ3) is 5.70. The van der Waals surface area contributed by atoms with Gasteiger partial charge in [0.05, 0.1) is 0 Å². The van der Waals surface area contributed by atoms with E-state index < -0.39 is 6.10 Å². The van der Waals surface area contributed by atoms with Crippen molar-refractivity contribution in [1.29, 1.82) is 0 Å². The Balaban J connectivity index is 1.21. The van der Waals surface area contributed by atoms with Crippen LogP contribution in [0.25, 0.3) is 0 Å². The second kappa shape index (κ2) is 9.47. The molecular formula is C25H36N2O4+2. The Bertz CT molecular complexity index is 872. The highest BCUT2D eigenvalue weighted by molar-refractivity contribution is 5.44. The minimum Gasteiger partial charge on any atom is -0.490 e. The number of ether oxygens (including phenoxy) is 3. The summed E-state index contributed by atoms with van der Waals surface area (Å²) in [7, 11) is 0. The van der Waals surface area contributed by atoms with Gasteiger partial charge in [0.2, 0.25) is 6.79 Å². The summed E-state index contributed by atoms with van der Waals surface area (Å²) in [6, 6.07) is 14.4. The van der Waals surface area contributed by atoms with E-state index in [0.29, 0.717) is 13.4 Å². The second-order valence-electron chi connectivity index (χ2n) is 9.78. The molecule has 168 valence electrons. The van der Waals surface area contributed by atoms with Gasteiger partial charge in [0.25, 0.3) is 0 Å². The number of aliphatic hydroxyl groups excluding tert-OH is 1. The van der Waals surface area contributed by atoms with Gasteiger partial charge in [0, 0.05) is 5.56 Å². The zero-order chi connectivity index (χ0) is 21.8. The lowest BCUT2D eigenvalue weighted by atomic mass is 9.86.